The van der Waals surface area contributed by atoms with Gasteiger partial charge in [-0.2, -0.15) is 0 Å². The molecule has 0 fully saturated rings. The topological polar surface area (TPSA) is 15.6 Å². The average Bonchev–Trinajstić information content (AvgIpc) is 2.58. The summed E-state index contributed by atoms with van der Waals surface area (Å²) in [6.07, 6.45) is 0.998. The van der Waals surface area contributed by atoms with E-state index in [1.165, 1.54) is 11.1 Å². The highest BCUT2D eigenvalue weighted by molar-refractivity contribution is 5.84. The lowest BCUT2D eigenvalue weighted by Crippen LogP contribution is -2.29. The molecule has 1 aliphatic heterocycles. The number of benzene rings is 2. The molecule has 0 amide bonds. The Hall–Kier alpha value is -2.09. The van der Waals surface area contributed by atoms with Gasteiger partial charge in [0.25, 0.3) is 0 Å². The first-order valence-electron chi connectivity index (χ1n) is 6.66. The van der Waals surface area contributed by atoms with E-state index < -0.39 is 0 Å². The van der Waals surface area contributed by atoms with Crippen LogP contribution in [0.1, 0.15) is 24.1 Å². The minimum absolute atomic E-state index is 0.355. The van der Waals surface area contributed by atoms with Crippen LogP contribution in [0.2, 0.25) is 0 Å². The number of nitrogens with zero attached hydrogens (tertiary/aromatic N) is 2. The zero-order valence-electron chi connectivity index (χ0n) is 11.4. The van der Waals surface area contributed by atoms with Crippen LogP contribution >= 0.6 is 0 Å². The number of aliphatic imine (C=N–C) groups is 1. The quantitative estimate of drug-likeness (QED) is 0.748. The predicted octanol–water partition coefficient (Wildman–Crippen LogP) is 3.97. The fourth-order valence-corrected chi connectivity index (χ4v) is 2.63. The van der Waals surface area contributed by atoms with Crippen molar-refractivity contribution in [3.63, 3.8) is 0 Å². The molecular weight excluding hydrogens is 232 g/mol. The second-order valence-corrected chi connectivity index (χ2v) is 5.03. The monoisotopic (exact) mass is 250 g/mol. The standard InChI is InChI=1S/C17H18N2/c1-13-18-16-11-7-6-10-15(16)12-17(19(13)2)14-8-4-3-5-9-14/h3-11,17H,12H2,1-2H3. The third-order valence-electron chi connectivity index (χ3n) is 3.85. The minimum Gasteiger partial charge on any atom is -0.356 e. The van der Waals surface area contributed by atoms with Crippen LogP contribution in [0.4, 0.5) is 5.69 Å². The number of amidine groups is 1. The zero-order chi connectivity index (χ0) is 13.2. The van der Waals surface area contributed by atoms with Crippen molar-refractivity contribution in [1.29, 1.82) is 0 Å². The first-order chi connectivity index (χ1) is 9.25. The number of likely N-dealkylation sites (N-methyl/N-ethyl adjacent to an activating group) is 1. The van der Waals surface area contributed by atoms with Gasteiger partial charge >= 0.3 is 0 Å². The molecule has 1 unspecified atom stereocenters. The molecule has 96 valence electrons. The van der Waals surface area contributed by atoms with Crippen LogP contribution in [-0.4, -0.2) is 17.8 Å². The van der Waals surface area contributed by atoms with Crippen molar-refractivity contribution in [2.75, 3.05) is 7.05 Å². The van der Waals surface area contributed by atoms with Gasteiger partial charge in [0.15, 0.2) is 0 Å². The summed E-state index contributed by atoms with van der Waals surface area (Å²) in [7, 11) is 2.13. The van der Waals surface area contributed by atoms with Crippen LogP contribution in [0.25, 0.3) is 0 Å². The molecular formula is C17H18N2. The first-order valence-corrected chi connectivity index (χ1v) is 6.66. The SMILES string of the molecule is CC1=Nc2ccccc2CC(c2ccccc2)N1C. The highest BCUT2D eigenvalue weighted by Crippen LogP contribution is 2.32. The number of hydrogen-bond donors (Lipinski definition) is 0. The van der Waals surface area contributed by atoms with Crippen molar-refractivity contribution in [3.05, 3.63) is 65.7 Å². The van der Waals surface area contributed by atoms with Crippen molar-refractivity contribution < 1.29 is 0 Å². The van der Waals surface area contributed by atoms with E-state index >= 15 is 0 Å². The summed E-state index contributed by atoms with van der Waals surface area (Å²) in [5.41, 5.74) is 3.77. The summed E-state index contributed by atoms with van der Waals surface area (Å²) < 4.78 is 0. The predicted molar refractivity (Wildman–Crippen MR) is 79.9 cm³/mol. The normalized spacial score (nSPS) is 18.5. The van der Waals surface area contributed by atoms with E-state index in [0.29, 0.717) is 6.04 Å². The molecule has 0 spiro atoms. The molecule has 0 saturated carbocycles. The van der Waals surface area contributed by atoms with Gasteiger partial charge in [0.1, 0.15) is 5.84 Å². The molecule has 1 atom stereocenters. The number of rotatable bonds is 1. The van der Waals surface area contributed by atoms with Crippen molar-refractivity contribution in [1.82, 2.24) is 4.90 Å². The summed E-state index contributed by atoms with van der Waals surface area (Å²) in [5, 5.41) is 0. The van der Waals surface area contributed by atoms with Gasteiger partial charge in [-0.3, -0.25) is 0 Å². The van der Waals surface area contributed by atoms with Crippen molar-refractivity contribution in [3.8, 4) is 0 Å². The minimum atomic E-state index is 0.355. The van der Waals surface area contributed by atoms with Crippen molar-refractivity contribution in [2.24, 2.45) is 4.99 Å². The Morgan fingerprint density at radius 1 is 1.00 bits per heavy atom. The number of para-hydroxylation sites is 1. The Bertz CT molecular complexity index is 602. The van der Waals surface area contributed by atoms with Crippen LogP contribution in [0, 0.1) is 0 Å². The third kappa shape index (κ3) is 2.26. The molecule has 0 saturated heterocycles. The lowest BCUT2D eigenvalue weighted by Gasteiger charge is -2.28. The van der Waals surface area contributed by atoms with E-state index in [9.17, 15) is 0 Å². The smallest absolute Gasteiger partial charge is 0.102 e. The molecule has 19 heavy (non-hydrogen) atoms. The summed E-state index contributed by atoms with van der Waals surface area (Å²) in [6, 6.07) is 19.4. The van der Waals surface area contributed by atoms with Crippen LogP contribution in [0.15, 0.2) is 59.6 Å². The van der Waals surface area contributed by atoms with Crippen LogP contribution in [0.5, 0.6) is 0 Å². The van der Waals surface area contributed by atoms with Gasteiger partial charge in [-0.1, -0.05) is 48.5 Å². The van der Waals surface area contributed by atoms with Gasteiger partial charge in [-0.25, -0.2) is 4.99 Å². The highest BCUT2D eigenvalue weighted by Gasteiger charge is 2.22. The molecule has 2 aromatic carbocycles. The van der Waals surface area contributed by atoms with Gasteiger partial charge in [0.2, 0.25) is 0 Å². The second-order valence-electron chi connectivity index (χ2n) is 5.03. The van der Waals surface area contributed by atoms with Gasteiger partial charge in [-0.15, -0.1) is 0 Å². The molecule has 2 heteroatoms. The van der Waals surface area contributed by atoms with E-state index in [1.807, 2.05) is 0 Å². The maximum Gasteiger partial charge on any atom is 0.102 e. The van der Waals surface area contributed by atoms with E-state index in [4.69, 9.17) is 4.99 Å². The van der Waals surface area contributed by atoms with Crippen LogP contribution in [0.3, 0.4) is 0 Å². The molecule has 2 aromatic rings. The molecule has 0 bridgehead atoms. The van der Waals surface area contributed by atoms with E-state index in [2.05, 4.69) is 73.5 Å². The summed E-state index contributed by atoms with van der Waals surface area (Å²) in [4.78, 5) is 7.01. The van der Waals surface area contributed by atoms with Crippen molar-refractivity contribution >= 4 is 11.5 Å². The third-order valence-corrected chi connectivity index (χ3v) is 3.85. The van der Waals surface area contributed by atoms with Crippen molar-refractivity contribution in [2.45, 2.75) is 19.4 Å². The summed E-state index contributed by atoms with van der Waals surface area (Å²) in [6.45, 7) is 2.08. The lowest BCUT2D eigenvalue weighted by molar-refractivity contribution is 0.374. The number of fused-ring (bicyclic) bond motifs is 1. The fraction of sp³-hybridized carbons (Fsp3) is 0.235. The van der Waals surface area contributed by atoms with Crippen LogP contribution < -0.4 is 0 Å². The average molecular weight is 250 g/mol. The largest absolute Gasteiger partial charge is 0.356 e. The van der Waals surface area contributed by atoms with Gasteiger partial charge in [0, 0.05) is 7.05 Å². The van der Waals surface area contributed by atoms with E-state index in [0.717, 1.165) is 17.9 Å². The first kappa shape index (κ1) is 12.0. The Morgan fingerprint density at radius 3 is 2.47 bits per heavy atom. The lowest BCUT2D eigenvalue weighted by atomic mass is 9.97. The Morgan fingerprint density at radius 2 is 1.68 bits per heavy atom. The summed E-state index contributed by atoms with van der Waals surface area (Å²) in [5.74, 6) is 1.07. The Kier molecular flexibility index (Phi) is 3.08. The van der Waals surface area contributed by atoms with Gasteiger partial charge in [-0.05, 0) is 30.5 Å². The maximum absolute atomic E-state index is 4.74. The highest BCUT2D eigenvalue weighted by atomic mass is 15.2. The molecule has 0 aliphatic carbocycles. The fourth-order valence-electron chi connectivity index (χ4n) is 2.63. The molecule has 0 aromatic heterocycles. The second kappa shape index (κ2) is 4.88. The van der Waals surface area contributed by atoms with E-state index in [-0.39, 0.29) is 0 Å². The molecule has 1 aliphatic rings. The molecule has 0 N–H and O–H groups in total. The Labute approximate surface area is 114 Å². The van der Waals surface area contributed by atoms with Crippen LogP contribution in [-0.2, 0) is 6.42 Å². The summed E-state index contributed by atoms with van der Waals surface area (Å²) >= 11 is 0. The number of hydrogen-bond acceptors (Lipinski definition) is 2. The zero-order valence-corrected chi connectivity index (χ0v) is 11.4. The molecule has 3 rings (SSSR count). The van der Waals surface area contributed by atoms with Gasteiger partial charge < -0.3 is 4.90 Å². The molecule has 2 nitrogen and oxygen atoms in total. The van der Waals surface area contributed by atoms with Gasteiger partial charge in [0.05, 0.1) is 11.7 Å². The Balaban J connectivity index is 2.06. The maximum atomic E-state index is 4.74. The molecule has 1 heterocycles. The van der Waals surface area contributed by atoms with E-state index in [1.54, 1.807) is 0 Å². The molecule has 0 radical (unpaired) electrons.